The molecule has 17 heavy (non-hydrogen) atoms. The number of benzene rings is 1. The van der Waals surface area contributed by atoms with Crippen molar-refractivity contribution in [1.82, 2.24) is 0 Å². The van der Waals surface area contributed by atoms with Crippen LogP contribution in [0.1, 0.15) is 25.8 Å². The number of nitrogens with one attached hydrogen (secondary N) is 1. The third kappa shape index (κ3) is 3.97. The summed E-state index contributed by atoms with van der Waals surface area (Å²) >= 11 is 0. The maximum Gasteiger partial charge on any atom is 0.0992 e. The normalized spacial score (nSPS) is 10.9. The van der Waals surface area contributed by atoms with Gasteiger partial charge >= 0.3 is 0 Å². The minimum Gasteiger partial charge on any atom is -0.397 e. The molecule has 0 saturated heterocycles. The summed E-state index contributed by atoms with van der Waals surface area (Å²) in [6.45, 7) is 5.06. The molecule has 1 aromatic carbocycles. The molecular formula is C13H19N3O. The average molecular weight is 233 g/mol. The van der Waals surface area contributed by atoms with Crippen molar-refractivity contribution in [3.63, 3.8) is 0 Å². The van der Waals surface area contributed by atoms with Gasteiger partial charge in [0.2, 0.25) is 0 Å². The Morgan fingerprint density at radius 3 is 2.71 bits per heavy atom. The molecule has 4 nitrogen and oxygen atoms in total. The van der Waals surface area contributed by atoms with Gasteiger partial charge in [-0.1, -0.05) is 13.8 Å². The Labute approximate surface area is 102 Å². The number of nitrogen functional groups attached to an aromatic ring is 1. The number of hydrogen-bond donors (Lipinski definition) is 3. The molecule has 0 aliphatic heterocycles. The van der Waals surface area contributed by atoms with Crippen molar-refractivity contribution >= 4 is 11.4 Å². The molecule has 0 amide bonds. The lowest BCUT2D eigenvalue weighted by Gasteiger charge is -2.25. The summed E-state index contributed by atoms with van der Waals surface area (Å²) in [5.41, 5.74) is 7.81. The van der Waals surface area contributed by atoms with E-state index in [-0.39, 0.29) is 12.0 Å². The van der Waals surface area contributed by atoms with Crippen molar-refractivity contribution < 1.29 is 5.11 Å². The first kappa shape index (κ1) is 13.3. The summed E-state index contributed by atoms with van der Waals surface area (Å²) in [6.07, 6.45) is 0.732. The van der Waals surface area contributed by atoms with E-state index >= 15 is 0 Å². The fourth-order valence-corrected chi connectivity index (χ4v) is 1.52. The van der Waals surface area contributed by atoms with Gasteiger partial charge < -0.3 is 16.2 Å². The van der Waals surface area contributed by atoms with Crippen molar-refractivity contribution in [2.24, 2.45) is 5.41 Å². The molecule has 1 aromatic rings. The number of aliphatic hydroxyl groups is 1. The first-order valence-electron chi connectivity index (χ1n) is 5.63. The molecule has 4 heteroatoms. The Bertz CT molecular complexity index is 421. The van der Waals surface area contributed by atoms with Crippen LogP contribution in [0.2, 0.25) is 0 Å². The van der Waals surface area contributed by atoms with Crippen LogP contribution >= 0.6 is 0 Å². The van der Waals surface area contributed by atoms with Crippen molar-refractivity contribution in [2.45, 2.75) is 20.3 Å². The molecule has 0 heterocycles. The summed E-state index contributed by atoms with van der Waals surface area (Å²) in [6, 6.07) is 7.24. The number of aliphatic hydroxyl groups excluding tert-OH is 1. The Hall–Kier alpha value is -1.73. The third-order valence-electron chi connectivity index (χ3n) is 2.73. The van der Waals surface area contributed by atoms with E-state index < -0.39 is 0 Å². The van der Waals surface area contributed by atoms with E-state index in [1.165, 1.54) is 0 Å². The summed E-state index contributed by atoms with van der Waals surface area (Å²) in [5, 5.41) is 20.9. The van der Waals surface area contributed by atoms with Crippen LogP contribution in [0.5, 0.6) is 0 Å². The van der Waals surface area contributed by atoms with Gasteiger partial charge in [0.1, 0.15) is 0 Å². The average Bonchev–Trinajstić information content (AvgIpc) is 2.27. The molecular weight excluding hydrogens is 214 g/mol. The number of anilines is 2. The second-order valence-corrected chi connectivity index (χ2v) is 4.91. The summed E-state index contributed by atoms with van der Waals surface area (Å²) in [4.78, 5) is 0. The van der Waals surface area contributed by atoms with E-state index in [0.717, 1.165) is 18.7 Å². The zero-order chi connectivity index (χ0) is 12.9. The molecule has 0 spiro atoms. The van der Waals surface area contributed by atoms with E-state index in [4.69, 9.17) is 16.1 Å². The highest BCUT2D eigenvalue weighted by molar-refractivity contribution is 5.68. The minimum atomic E-state index is 0.00902. The smallest absolute Gasteiger partial charge is 0.0992 e. The van der Waals surface area contributed by atoms with Gasteiger partial charge in [0.15, 0.2) is 0 Å². The van der Waals surface area contributed by atoms with Gasteiger partial charge in [0, 0.05) is 13.2 Å². The van der Waals surface area contributed by atoms with Crippen LogP contribution in [0.25, 0.3) is 0 Å². The molecule has 1 rings (SSSR count). The number of rotatable bonds is 5. The lowest BCUT2D eigenvalue weighted by molar-refractivity contribution is 0.220. The molecule has 4 N–H and O–H groups in total. The first-order chi connectivity index (χ1) is 7.98. The second kappa shape index (κ2) is 5.55. The SMILES string of the molecule is CC(C)(CCO)CNc1ccc(C#N)cc1N. The highest BCUT2D eigenvalue weighted by Crippen LogP contribution is 2.24. The lowest BCUT2D eigenvalue weighted by Crippen LogP contribution is -2.24. The molecule has 0 aliphatic rings. The number of nitrogens with two attached hydrogens (primary N) is 1. The molecule has 0 bridgehead atoms. The van der Waals surface area contributed by atoms with Gasteiger partial charge in [0.05, 0.1) is 23.0 Å². The van der Waals surface area contributed by atoms with Crippen LogP contribution in [0.4, 0.5) is 11.4 Å². The van der Waals surface area contributed by atoms with E-state index in [1.807, 2.05) is 12.1 Å². The molecule has 0 saturated carbocycles. The zero-order valence-corrected chi connectivity index (χ0v) is 10.3. The molecule has 92 valence electrons. The molecule has 0 aliphatic carbocycles. The van der Waals surface area contributed by atoms with Gasteiger partial charge in [-0.05, 0) is 30.0 Å². The highest BCUT2D eigenvalue weighted by Gasteiger charge is 2.17. The molecule has 0 radical (unpaired) electrons. The Kier molecular flexibility index (Phi) is 4.36. The maximum absolute atomic E-state index is 8.93. The van der Waals surface area contributed by atoms with Crippen molar-refractivity contribution in [1.29, 1.82) is 5.26 Å². The van der Waals surface area contributed by atoms with Crippen LogP contribution in [0.3, 0.4) is 0 Å². The van der Waals surface area contributed by atoms with Gasteiger partial charge in [-0.15, -0.1) is 0 Å². The topological polar surface area (TPSA) is 82.1 Å². The molecule has 0 fully saturated rings. The lowest BCUT2D eigenvalue weighted by atomic mass is 9.89. The van der Waals surface area contributed by atoms with Crippen LogP contribution in [0, 0.1) is 16.7 Å². The van der Waals surface area contributed by atoms with E-state index in [0.29, 0.717) is 11.3 Å². The fourth-order valence-electron chi connectivity index (χ4n) is 1.52. The van der Waals surface area contributed by atoms with Crippen molar-refractivity contribution in [3.8, 4) is 6.07 Å². The van der Waals surface area contributed by atoms with Gasteiger partial charge in [-0.25, -0.2) is 0 Å². The zero-order valence-electron chi connectivity index (χ0n) is 10.3. The highest BCUT2D eigenvalue weighted by atomic mass is 16.3. The fraction of sp³-hybridized carbons (Fsp3) is 0.462. The second-order valence-electron chi connectivity index (χ2n) is 4.91. The maximum atomic E-state index is 8.93. The van der Waals surface area contributed by atoms with Gasteiger partial charge in [-0.2, -0.15) is 5.26 Å². The van der Waals surface area contributed by atoms with Crippen LogP contribution in [-0.2, 0) is 0 Å². The van der Waals surface area contributed by atoms with Gasteiger partial charge in [-0.3, -0.25) is 0 Å². The van der Waals surface area contributed by atoms with Crippen LogP contribution in [-0.4, -0.2) is 18.3 Å². The third-order valence-corrected chi connectivity index (χ3v) is 2.73. The number of nitrogens with zero attached hydrogens (tertiary/aromatic N) is 1. The summed E-state index contributed by atoms with van der Waals surface area (Å²) < 4.78 is 0. The predicted molar refractivity (Wildman–Crippen MR) is 69.5 cm³/mol. The Morgan fingerprint density at radius 1 is 1.47 bits per heavy atom. The standard InChI is InChI=1S/C13H19N3O/c1-13(2,5-6-17)9-16-12-4-3-10(8-14)7-11(12)15/h3-4,7,16-17H,5-6,9,15H2,1-2H3. The Balaban J connectivity index is 2.67. The quantitative estimate of drug-likeness (QED) is 0.679. The van der Waals surface area contributed by atoms with E-state index in [2.05, 4.69) is 19.2 Å². The molecule has 0 atom stereocenters. The van der Waals surface area contributed by atoms with Gasteiger partial charge in [0.25, 0.3) is 0 Å². The van der Waals surface area contributed by atoms with Crippen LogP contribution < -0.4 is 11.1 Å². The van der Waals surface area contributed by atoms with Crippen molar-refractivity contribution in [3.05, 3.63) is 23.8 Å². The molecule has 0 aromatic heterocycles. The van der Waals surface area contributed by atoms with Crippen LogP contribution in [0.15, 0.2) is 18.2 Å². The molecule has 0 unspecified atom stereocenters. The van der Waals surface area contributed by atoms with E-state index in [1.54, 1.807) is 12.1 Å². The monoisotopic (exact) mass is 233 g/mol. The van der Waals surface area contributed by atoms with E-state index in [9.17, 15) is 0 Å². The Morgan fingerprint density at radius 2 is 2.18 bits per heavy atom. The summed E-state index contributed by atoms with van der Waals surface area (Å²) in [7, 11) is 0. The minimum absolute atomic E-state index is 0.00902. The predicted octanol–water partition coefficient (Wildman–Crippen LogP) is 1.96. The number of nitriles is 1. The van der Waals surface area contributed by atoms with Crippen molar-refractivity contribution in [2.75, 3.05) is 24.2 Å². The number of hydrogen-bond acceptors (Lipinski definition) is 4. The first-order valence-corrected chi connectivity index (χ1v) is 5.63. The largest absolute Gasteiger partial charge is 0.397 e. The summed E-state index contributed by atoms with van der Waals surface area (Å²) in [5.74, 6) is 0.